The molecule has 0 atom stereocenters. The molecule has 1 aromatic carbocycles. The first-order valence-corrected chi connectivity index (χ1v) is 10.6. The van der Waals surface area contributed by atoms with Crippen LogP contribution in [0.15, 0.2) is 41.9 Å². The number of nitrogens with two attached hydrogens (primary N) is 1. The van der Waals surface area contributed by atoms with Crippen LogP contribution in [0.25, 0.3) is 0 Å². The average molecular weight is 446 g/mol. The van der Waals surface area contributed by atoms with Gasteiger partial charge in [-0.05, 0) is 44.1 Å². The third-order valence-corrected chi connectivity index (χ3v) is 4.41. The van der Waals surface area contributed by atoms with E-state index in [0.29, 0.717) is 48.0 Å². The molecule has 0 aliphatic rings. The van der Waals surface area contributed by atoms with Gasteiger partial charge >= 0.3 is 6.03 Å². The zero-order valence-electron chi connectivity index (χ0n) is 20.0. The Hall–Kier alpha value is -3.13. The molecule has 0 saturated carbocycles. The van der Waals surface area contributed by atoms with Crippen molar-refractivity contribution in [1.29, 1.82) is 0 Å². The maximum absolute atomic E-state index is 13.0. The second-order valence-corrected chi connectivity index (χ2v) is 8.09. The SMILES string of the molecule is C=C/C=C\C(C(C)C)=[N+](\OC)C(=O)Nc1cc(C=NCCC(C)(C)O)c(N)cc1OCC. The highest BCUT2D eigenvalue weighted by atomic mass is 16.7. The number of urea groups is 1. The third kappa shape index (κ3) is 8.55. The number of hydroxylamine groups is 1. The maximum atomic E-state index is 13.0. The van der Waals surface area contributed by atoms with Gasteiger partial charge in [-0.1, -0.05) is 32.6 Å². The lowest BCUT2D eigenvalue weighted by molar-refractivity contribution is -0.705. The summed E-state index contributed by atoms with van der Waals surface area (Å²) in [6.45, 7) is 13.7. The molecule has 0 bridgehead atoms. The number of aliphatic hydroxyl groups is 1. The molecule has 0 aromatic heterocycles. The van der Waals surface area contributed by atoms with Crippen molar-refractivity contribution >= 4 is 29.3 Å². The molecule has 0 fully saturated rings. The van der Waals surface area contributed by atoms with Crippen LogP contribution in [-0.2, 0) is 4.84 Å². The van der Waals surface area contributed by atoms with Crippen LogP contribution in [0.4, 0.5) is 16.2 Å². The van der Waals surface area contributed by atoms with E-state index >= 15 is 0 Å². The van der Waals surface area contributed by atoms with Crippen LogP contribution in [0.3, 0.4) is 0 Å². The van der Waals surface area contributed by atoms with Gasteiger partial charge < -0.3 is 20.4 Å². The lowest BCUT2D eigenvalue weighted by Gasteiger charge is -2.14. The standard InChI is InChI=1S/C24H36N4O4/c1-8-10-11-21(17(3)4)28(31-7)23(29)27-20-14-18(16-26-13-12-24(5,6)30)19(25)15-22(20)32-9-2/h8,10-11,14-17,30H,1,9,12-13H2,2-7H3,(H2-,25,26,27,29)/p+1/b11-10-,28-21-. The number of carbonyl (C=O) groups excluding carboxylic acids is 1. The fourth-order valence-corrected chi connectivity index (χ4v) is 2.73. The number of nitrogen functional groups attached to an aromatic ring is 1. The Kier molecular flexibility index (Phi) is 10.6. The van der Waals surface area contributed by atoms with E-state index in [0.717, 1.165) is 0 Å². The quantitative estimate of drug-likeness (QED) is 0.156. The summed E-state index contributed by atoms with van der Waals surface area (Å²) >= 11 is 0. The minimum absolute atomic E-state index is 0.0214. The minimum atomic E-state index is -0.797. The Morgan fingerprint density at radius 2 is 2.09 bits per heavy atom. The summed E-state index contributed by atoms with van der Waals surface area (Å²) in [5, 5.41) is 12.7. The number of hydrogen-bond acceptors (Lipinski definition) is 6. The molecule has 0 unspecified atom stereocenters. The summed E-state index contributed by atoms with van der Waals surface area (Å²) in [5.74, 6) is 0.462. The molecule has 8 heteroatoms. The molecule has 176 valence electrons. The second-order valence-electron chi connectivity index (χ2n) is 8.09. The molecule has 0 aliphatic carbocycles. The third-order valence-electron chi connectivity index (χ3n) is 4.41. The molecule has 32 heavy (non-hydrogen) atoms. The Labute approximate surface area is 191 Å². The molecule has 0 spiro atoms. The van der Waals surface area contributed by atoms with Crippen LogP contribution in [-0.4, -0.2) is 53.7 Å². The molecular formula is C24H37N4O4+. The first-order chi connectivity index (χ1) is 15.0. The van der Waals surface area contributed by atoms with E-state index < -0.39 is 11.6 Å². The number of aliphatic imine (C=N–C) groups is 1. The Morgan fingerprint density at radius 3 is 2.62 bits per heavy atom. The van der Waals surface area contributed by atoms with Crippen LogP contribution < -0.4 is 15.8 Å². The number of hydrogen-bond donors (Lipinski definition) is 3. The van der Waals surface area contributed by atoms with Crippen molar-refractivity contribution in [3.63, 3.8) is 0 Å². The summed E-state index contributed by atoms with van der Waals surface area (Å²) in [7, 11) is 1.43. The smallest absolute Gasteiger partial charge is 0.489 e. The monoisotopic (exact) mass is 445 g/mol. The topological polar surface area (TPSA) is 109 Å². The van der Waals surface area contributed by atoms with Crippen LogP contribution in [0.2, 0.25) is 0 Å². The summed E-state index contributed by atoms with van der Waals surface area (Å²) in [4.78, 5) is 22.7. The number of anilines is 2. The van der Waals surface area contributed by atoms with Crippen molar-refractivity contribution in [3.8, 4) is 5.75 Å². The summed E-state index contributed by atoms with van der Waals surface area (Å²) < 4.78 is 6.85. The Bertz CT molecular complexity index is 881. The fraction of sp³-hybridized carbons (Fsp3) is 0.458. The number of carbonyl (C=O) groups is 1. The van der Waals surface area contributed by atoms with E-state index in [1.807, 2.05) is 20.8 Å². The van der Waals surface area contributed by atoms with E-state index in [1.165, 1.54) is 11.8 Å². The highest BCUT2D eigenvalue weighted by molar-refractivity contribution is 5.98. The maximum Gasteiger partial charge on any atom is 0.535 e. The first-order valence-electron chi connectivity index (χ1n) is 10.6. The highest BCUT2D eigenvalue weighted by Crippen LogP contribution is 2.30. The number of nitrogens with zero attached hydrogens (tertiary/aromatic N) is 2. The van der Waals surface area contributed by atoms with Gasteiger partial charge in [0.2, 0.25) is 0 Å². The lowest BCUT2D eigenvalue weighted by atomic mass is 10.1. The van der Waals surface area contributed by atoms with Crippen molar-refractivity contribution in [2.75, 3.05) is 31.3 Å². The molecule has 0 saturated heterocycles. The molecule has 4 N–H and O–H groups in total. The zero-order chi connectivity index (χ0) is 24.3. The summed E-state index contributed by atoms with van der Waals surface area (Å²) in [6, 6.07) is 2.87. The summed E-state index contributed by atoms with van der Waals surface area (Å²) in [6.07, 6.45) is 7.28. The van der Waals surface area contributed by atoms with Gasteiger partial charge in [-0.2, -0.15) is 10.1 Å². The normalized spacial score (nSPS) is 12.9. The second kappa shape index (κ2) is 12.7. The van der Waals surface area contributed by atoms with Crippen molar-refractivity contribution in [3.05, 3.63) is 42.5 Å². The molecule has 1 aromatic rings. The number of amides is 2. The van der Waals surface area contributed by atoms with Crippen molar-refractivity contribution in [1.82, 2.24) is 0 Å². The molecule has 0 heterocycles. The number of ether oxygens (including phenoxy) is 1. The van der Waals surface area contributed by atoms with Gasteiger partial charge in [0.15, 0.2) is 17.1 Å². The van der Waals surface area contributed by atoms with E-state index in [1.54, 1.807) is 50.4 Å². The predicted octanol–water partition coefficient (Wildman–Crippen LogP) is 4.19. The van der Waals surface area contributed by atoms with Gasteiger partial charge in [0.05, 0.1) is 12.2 Å². The molecule has 0 radical (unpaired) electrons. The average Bonchev–Trinajstić information content (AvgIpc) is 2.70. The van der Waals surface area contributed by atoms with E-state index in [9.17, 15) is 9.90 Å². The minimum Gasteiger partial charge on any atom is -0.489 e. The molecule has 1 rings (SSSR count). The first kappa shape index (κ1) is 26.9. The van der Waals surface area contributed by atoms with Crippen LogP contribution in [0, 0.1) is 5.92 Å². The van der Waals surface area contributed by atoms with Crippen LogP contribution in [0.5, 0.6) is 5.75 Å². The summed E-state index contributed by atoms with van der Waals surface area (Å²) in [5.41, 5.74) is 7.55. The van der Waals surface area contributed by atoms with Gasteiger partial charge in [0, 0.05) is 36.0 Å². The number of allylic oxidation sites excluding steroid dienone is 3. The van der Waals surface area contributed by atoms with E-state index in [4.69, 9.17) is 15.3 Å². The Balaban J connectivity index is 3.30. The largest absolute Gasteiger partial charge is 0.535 e. The highest BCUT2D eigenvalue weighted by Gasteiger charge is 2.26. The van der Waals surface area contributed by atoms with Crippen molar-refractivity contribution < 1.29 is 24.2 Å². The number of nitrogens with one attached hydrogen (secondary N) is 1. The van der Waals surface area contributed by atoms with E-state index in [2.05, 4.69) is 16.9 Å². The number of rotatable bonds is 11. The van der Waals surface area contributed by atoms with Crippen molar-refractivity contribution in [2.45, 2.75) is 46.6 Å². The van der Waals surface area contributed by atoms with E-state index in [-0.39, 0.29) is 5.92 Å². The van der Waals surface area contributed by atoms with Crippen molar-refractivity contribution in [2.24, 2.45) is 10.9 Å². The predicted molar refractivity (Wildman–Crippen MR) is 131 cm³/mol. The molecular weight excluding hydrogens is 408 g/mol. The molecule has 0 aliphatic heterocycles. The lowest BCUT2D eigenvalue weighted by Crippen LogP contribution is -2.33. The fourth-order valence-electron chi connectivity index (χ4n) is 2.73. The van der Waals surface area contributed by atoms with Gasteiger partial charge in [0.1, 0.15) is 7.11 Å². The van der Waals surface area contributed by atoms with Crippen LogP contribution in [0.1, 0.15) is 46.6 Å². The molecule has 8 nitrogen and oxygen atoms in total. The van der Waals surface area contributed by atoms with Gasteiger partial charge in [-0.3, -0.25) is 4.99 Å². The van der Waals surface area contributed by atoms with Gasteiger partial charge in [0.25, 0.3) is 0 Å². The molecule has 2 amide bonds. The van der Waals surface area contributed by atoms with Gasteiger partial charge in [-0.15, -0.1) is 0 Å². The van der Waals surface area contributed by atoms with Gasteiger partial charge in [-0.25, -0.2) is 0 Å². The van der Waals surface area contributed by atoms with Crippen LogP contribution >= 0.6 is 0 Å². The Morgan fingerprint density at radius 1 is 1.41 bits per heavy atom. The zero-order valence-corrected chi connectivity index (χ0v) is 20.0. The number of benzene rings is 1.